The van der Waals surface area contributed by atoms with Crippen LogP contribution in [0.4, 0.5) is 0 Å². The summed E-state index contributed by atoms with van der Waals surface area (Å²) in [5, 5.41) is 17.8. The van der Waals surface area contributed by atoms with Gasteiger partial charge >= 0.3 is 0 Å². The molecule has 6 N–H and O–H groups in total. The minimum absolute atomic E-state index is 0.0270. The smallest absolute Gasteiger partial charge is 0.298 e. The summed E-state index contributed by atoms with van der Waals surface area (Å²) in [5.74, 6) is -2.32. The molecule has 0 saturated heterocycles. The normalized spacial score (nSPS) is 14.2. The van der Waals surface area contributed by atoms with E-state index >= 15 is 0 Å². The molecule has 0 aliphatic rings. The highest BCUT2D eigenvalue weighted by Gasteiger charge is 2.32. The van der Waals surface area contributed by atoms with E-state index in [0.717, 1.165) is 6.07 Å². The Morgan fingerprint density at radius 1 is 1.38 bits per heavy atom. The molecule has 0 radical (unpaired) electrons. The molecule has 2 aromatic rings. The van der Waals surface area contributed by atoms with Crippen LogP contribution in [0, 0.1) is 0 Å². The van der Waals surface area contributed by atoms with Crippen molar-refractivity contribution in [3.05, 3.63) is 34.5 Å². The van der Waals surface area contributed by atoms with Gasteiger partial charge in [-0.3, -0.25) is 9.35 Å². The molecule has 1 unspecified atom stereocenters. The summed E-state index contributed by atoms with van der Waals surface area (Å²) in [5.41, 5.74) is 11.2. The van der Waals surface area contributed by atoms with Gasteiger partial charge < -0.3 is 21.0 Å². The Morgan fingerprint density at radius 2 is 2.04 bits per heavy atom. The third-order valence-electron chi connectivity index (χ3n) is 3.67. The van der Waals surface area contributed by atoms with Crippen LogP contribution < -0.4 is 11.5 Å². The summed E-state index contributed by atoms with van der Waals surface area (Å²) < 4.78 is 37.5. The zero-order chi connectivity index (χ0) is 19.6. The maximum atomic E-state index is 11.5. The summed E-state index contributed by atoms with van der Waals surface area (Å²) in [4.78, 5) is 10.7. The Hall–Kier alpha value is -2.21. The predicted octanol–water partition coefficient (Wildman–Crippen LogP) is 0.897. The van der Waals surface area contributed by atoms with E-state index in [4.69, 9.17) is 27.5 Å². The zero-order valence-corrected chi connectivity index (χ0v) is 15.2. The highest BCUT2D eigenvalue weighted by atomic mass is 35.5. The number of primary amides is 1. The van der Waals surface area contributed by atoms with E-state index in [-0.39, 0.29) is 22.9 Å². The average molecular weight is 405 g/mol. The summed E-state index contributed by atoms with van der Waals surface area (Å²) in [6, 6.07) is 0.995. The molecule has 1 aromatic heterocycles. The molecule has 0 aliphatic carbocycles. The van der Waals surface area contributed by atoms with Gasteiger partial charge in [-0.1, -0.05) is 18.5 Å². The van der Waals surface area contributed by atoms with Gasteiger partial charge in [-0.15, -0.1) is 10.2 Å². The number of aromatic hydroxyl groups is 1. The molecular formula is C14H17ClN4O6S. The number of halogens is 1. The second-order valence-electron chi connectivity index (χ2n) is 5.51. The van der Waals surface area contributed by atoms with Gasteiger partial charge in [0.2, 0.25) is 17.7 Å². The van der Waals surface area contributed by atoms with Gasteiger partial charge in [-0.25, -0.2) is 0 Å². The number of nitrogens with zero attached hydrogens (tertiary/aromatic N) is 2. The number of carbonyl (C=O) groups excluding carboxylic acids is 1. The van der Waals surface area contributed by atoms with Crippen LogP contribution in [0.25, 0.3) is 0 Å². The van der Waals surface area contributed by atoms with Crippen LogP contribution in [0.2, 0.25) is 5.02 Å². The lowest BCUT2D eigenvalue weighted by molar-refractivity contribution is -0.118. The number of rotatable bonds is 7. The molecular weight excluding hydrogens is 388 g/mol. The predicted molar refractivity (Wildman–Crippen MR) is 90.1 cm³/mol. The second kappa shape index (κ2) is 7.58. The first kappa shape index (κ1) is 20.1. The molecule has 1 heterocycles. The van der Waals surface area contributed by atoms with Crippen molar-refractivity contribution < 1.29 is 27.3 Å². The topological polar surface area (TPSA) is 183 Å². The Balaban J connectivity index is 2.60. The number of aryl methyl sites for hydroxylation is 1. The minimum atomic E-state index is -4.77. The second-order valence-corrected chi connectivity index (χ2v) is 7.33. The fraction of sp³-hybridized carbons (Fsp3) is 0.357. The van der Waals surface area contributed by atoms with Crippen LogP contribution in [0.5, 0.6) is 5.75 Å². The van der Waals surface area contributed by atoms with E-state index < -0.39 is 38.6 Å². The molecule has 1 aromatic carbocycles. The van der Waals surface area contributed by atoms with E-state index in [2.05, 4.69) is 10.2 Å². The van der Waals surface area contributed by atoms with E-state index in [1.165, 1.54) is 6.07 Å². The maximum Gasteiger partial charge on any atom is 0.298 e. The van der Waals surface area contributed by atoms with Crippen molar-refractivity contribution in [2.45, 2.75) is 36.6 Å². The molecule has 10 nitrogen and oxygen atoms in total. The van der Waals surface area contributed by atoms with Gasteiger partial charge in [-0.2, -0.15) is 8.42 Å². The van der Waals surface area contributed by atoms with Crippen molar-refractivity contribution in [1.82, 2.24) is 10.2 Å². The third kappa shape index (κ3) is 4.30. The first-order valence-corrected chi connectivity index (χ1v) is 9.22. The highest BCUT2D eigenvalue weighted by molar-refractivity contribution is 7.86. The maximum absolute atomic E-state index is 11.5. The van der Waals surface area contributed by atoms with Crippen LogP contribution >= 0.6 is 11.6 Å². The Kier molecular flexibility index (Phi) is 5.86. The molecule has 0 aliphatic heterocycles. The SMILES string of the molecule is CCc1nnc([C@@H](N)C(CC(N)=O)c2cc(Cl)cc(S(=O)(=O)O)c2O)o1. The van der Waals surface area contributed by atoms with Crippen molar-refractivity contribution >= 4 is 27.6 Å². The number of hydrogen-bond acceptors (Lipinski definition) is 8. The monoisotopic (exact) mass is 404 g/mol. The molecule has 2 rings (SSSR count). The molecule has 0 spiro atoms. The Bertz CT molecular complexity index is 930. The quantitative estimate of drug-likeness (QED) is 0.486. The Labute approximate surface area is 153 Å². The molecule has 1 amide bonds. The molecule has 12 heteroatoms. The number of phenols is 1. The Morgan fingerprint density at radius 3 is 2.54 bits per heavy atom. The van der Waals surface area contributed by atoms with Crippen molar-refractivity contribution in [1.29, 1.82) is 0 Å². The van der Waals surface area contributed by atoms with Crippen LogP contribution in [0.15, 0.2) is 21.4 Å². The van der Waals surface area contributed by atoms with Gasteiger partial charge in [0.05, 0.1) is 6.04 Å². The molecule has 0 fully saturated rings. The number of aromatic nitrogens is 2. The lowest BCUT2D eigenvalue weighted by Crippen LogP contribution is -2.26. The lowest BCUT2D eigenvalue weighted by atomic mass is 9.88. The molecule has 2 atom stereocenters. The van der Waals surface area contributed by atoms with Crippen LogP contribution in [-0.4, -0.2) is 34.2 Å². The number of phenolic OH excluding ortho intramolecular Hbond substituents is 1. The summed E-state index contributed by atoms with van der Waals surface area (Å²) >= 11 is 5.89. The van der Waals surface area contributed by atoms with Crippen LogP contribution in [0.3, 0.4) is 0 Å². The zero-order valence-electron chi connectivity index (χ0n) is 13.6. The van der Waals surface area contributed by atoms with Crippen molar-refractivity contribution in [3.8, 4) is 5.75 Å². The van der Waals surface area contributed by atoms with Gasteiger partial charge in [-0.05, 0) is 12.1 Å². The summed E-state index contributed by atoms with van der Waals surface area (Å²) in [7, 11) is -4.77. The van der Waals surface area contributed by atoms with Crippen LogP contribution in [0.1, 0.15) is 42.6 Å². The number of nitrogens with two attached hydrogens (primary N) is 2. The number of benzene rings is 1. The largest absolute Gasteiger partial charge is 0.506 e. The minimum Gasteiger partial charge on any atom is -0.506 e. The van der Waals surface area contributed by atoms with Crippen molar-refractivity contribution in [3.63, 3.8) is 0 Å². The third-order valence-corrected chi connectivity index (χ3v) is 4.76. The average Bonchev–Trinajstić information content (AvgIpc) is 3.02. The van der Waals surface area contributed by atoms with Gasteiger partial charge in [0.25, 0.3) is 10.1 Å². The fourth-order valence-corrected chi connectivity index (χ4v) is 3.37. The molecule has 0 bridgehead atoms. The lowest BCUT2D eigenvalue weighted by Gasteiger charge is -2.22. The molecule has 0 saturated carbocycles. The van der Waals surface area contributed by atoms with E-state index in [9.17, 15) is 22.9 Å². The van der Waals surface area contributed by atoms with Gasteiger partial charge in [0.15, 0.2) is 0 Å². The van der Waals surface area contributed by atoms with E-state index in [1.54, 1.807) is 6.92 Å². The van der Waals surface area contributed by atoms with E-state index in [1.807, 2.05) is 0 Å². The van der Waals surface area contributed by atoms with Crippen LogP contribution in [-0.2, 0) is 21.3 Å². The van der Waals surface area contributed by atoms with Crippen molar-refractivity contribution in [2.75, 3.05) is 0 Å². The van der Waals surface area contributed by atoms with Gasteiger partial charge in [0.1, 0.15) is 10.6 Å². The summed E-state index contributed by atoms with van der Waals surface area (Å²) in [6.45, 7) is 1.78. The fourth-order valence-electron chi connectivity index (χ4n) is 2.44. The molecule has 26 heavy (non-hydrogen) atoms. The van der Waals surface area contributed by atoms with Crippen molar-refractivity contribution in [2.24, 2.45) is 11.5 Å². The number of hydrogen-bond donors (Lipinski definition) is 4. The summed E-state index contributed by atoms with van der Waals surface area (Å²) in [6.07, 6.45) is 0.0827. The van der Waals surface area contributed by atoms with Gasteiger partial charge in [0, 0.05) is 29.3 Å². The first-order valence-electron chi connectivity index (χ1n) is 7.40. The first-order chi connectivity index (χ1) is 12.0. The standard InChI is InChI=1S/C14H17ClN4O6S/c1-2-11-18-19-14(25-11)12(17)7(5-10(16)20)8-3-6(15)4-9(13(8)21)26(22,23)24/h3-4,7,12,21H,2,5,17H2,1H3,(H2,16,20)(H,22,23,24)/t7?,12-/m0/s1. The molecule has 142 valence electrons. The number of carbonyl (C=O) groups is 1. The number of amides is 1. The highest BCUT2D eigenvalue weighted by Crippen LogP contribution is 2.41. The van der Waals surface area contributed by atoms with E-state index in [0.29, 0.717) is 12.3 Å².